The molecule has 0 saturated heterocycles. The van der Waals surface area contributed by atoms with Crippen molar-refractivity contribution in [2.75, 3.05) is 25.5 Å². The minimum atomic E-state index is -1.57. The number of carbonyl (C=O) groups is 3. The van der Waals surface area contributed by atoms with Gasteiger partial charge in [-0.05, 0) is 110 Å². The zero-order valence-electron chi connectivity index (χ0n) is 34.7. The first kappa shape index (κ1) is 42.7. The minimum Gasteiger partial charge on any atom is -0.508 e. The smallest absolute Gasteiger partial charge is 0.334 e. The Balaban J connectivity index is 1.32. The number of ether oxygens (including phenoxy) is 2. The van der Waals surface area contributed by atoms with Gasteiger partial charge in [0.1, 0.15) is 29.0 Å². The van der Waals surface area contributed by atoms with Gasteiger partial charge in [-0.1, -0.05) is 48.6 Å². The Labute approximate surface area is 356 Å². The van der Waals surface area contributed by atoms with Crippen LogP contribution in [0.3, 0.4) is 0 Å². The van der Waals surface area contributed by atoms with E-state index in [1.165, 1.54) is 12.1 Å². The van der Waals surface area contributed by atoms with E-state index in [-0.39, 0.29) is 85.8 Å². The number of aliphatic hydroxyl groups is 4. The molecular weight excluding hydrogens is 777 g/mol. The highest BCUT2D eigenvalue weighted by Gasteiger charge is 2.55. The molecule has 5 aliphatic rings. The van der Waals surface area contributed by atoms with Crippen molar-refractivity contribution in [3.05, 3.63) is 99.6 Å². The first-order chi connectivity index (χ1) is 29.3. The van der Waals surface area contributed by atoms with Crippen LogP contribution in [0, 0.1) is 29.6 Å². The van der Waals surface area contributed by atoms with E-state index in [0.717, 1.165) is 17.5 Å². The number of ketones is 1. The number of anilines is 1. The molecule has 7 N–H and O–H groups in total. The average Bonchev–Trinajstić information content (AvgIpc) is 3.22. The lowest BCUT2D eigenvalue weighted by molar-refractivity contribution is -0.191. The van der Waals surface area contributed by atoms with Crippen LogP contribution in [0.25, 0.3) is 0 Å². The highest BCUT2D eigenvalue weighted by Crippen LogP contribution is 2.51. The maximum Gasteiger partial charge on any atom is 0.334 e. The molecule has 2 saturated carbocycles. The van der Waals surface area contributed by atoms with Gasteiger partial charge in [0, 0.05) is 67.1 Å². The Bertz CT molecular complexity index is 2280. The second-order valence-corrected chi connectivity index (χ2v) is 17.8. The van der Waals surface area contributed by atoms with E-state index < -0.39 is 53.8 Å². The Hall–Kier alpha value is -5.03. The molecule has 0 amide bonds. The monoisotopic (exact) mass is 832 g/mol. The number of hydrogen-bond acceptors (Lipinski definition) is 12. The number of likely N-dealkylation sites (N-methyl/N-ethyl adjacent to an activating group) is 1. The van der Waals surface area contributed by atoms with Crippen molar-refractivity contribution < 1.29 is 49.4 Å². The molecule has 0 spiro atoms. The number of fused-ring (bicyclic) bond motifs is 7. The van der Waals surface area contributed by atoms with Crippen molar-refractivity contribution in [2.24, 2.45) is 17.8 Å². The van der Waals surface area contributed by atoms with Gasteiger partial charge in [-0.2, -0.15) is 0 Å². The van der Waals surface area contributed by atoms with E-state index in [4.69, 9.17) is 9.47 Å². The van der Waals surface area contributed by atoms with Crippen LogP contribution in [-0.2, 0) is 38.4 Å². The molecule has 3 aromatic rings. The molecule has 3 heterocycles. The zero-order chi connectivity index (χ0) is 43.0. The Morgan fingerprint density at radius 2 is 1.70 bits per heavy atom. The summed E-state index contributed by atoms with van der Waals surface area (Å²) >= 11 is 0. The third-order valence-electron chi connectivity index (χ3n) is 13.5. The van der Waals surface area contributed by atoms with Crippen molar-refractivity contribution in [2.45, 2.75) is 113 Å². The van der Waals surface area contributed by atoms with Crippen molar-refractivity contribution >= 4 is 23.4 Å². The minimum absolute atomic E-state index is 0.0506. The van der Waals surface area contributed by atoms with Crippen LogP contribution < -0.4 is 15.4 Å². The number of phenolic OH excluding ortho intramolecular Hbond substituents is 1. The summed E-state index contributed by atoms with van der Waals surface area (Å²) in [6.45, 7) is 2.13. The van der Waals surface area contributed by atoms with Crippen LogP contribution >= 0.6 is 0 Å². The summed E-state index contributed by atoms with van der Waals surface area (Å²) in [5.41, 5.74) is 3.10. The fourth-order valence-corrected chi connectivity index (χ4v) is 10.5. The highest BCUT2D eigenvalue weighted by atomic mass is 16.6. The third kappa shape index (κ3) is 9.13. The van der Waals surface area contributed by atoms with Gasteiger partial charge in [0.15, 0.2) is 0 Å². The Morgan fingerprint density at radius 3 is 2.49 bits per heavy atom. The summed E-state index contributed by atoms with van der Waals surface area (Å²) in [4.78, 5) is 41.7. The lowest BCUT2D eigenvalue weighted by Crippen LogP contribution is -2.59. The summed E-state index contributed by atoms with van der Waals surface area (Å²) in [5, 5.41) is 64.0. The summed E-state index contributed by atoms with van der Waals surface area (Å²) in [5.74, 6) is 3.25. The molecule has 2 fully saturated rings. The molecule has 2 aliphatic carbocycles. The number of Topliss-reactive ketones (excluding diaryl/α,β-unsaturated/α-hetero) is 1. The number of benzene rings is 3. The maximum atomic E-state index is 15.0. The van der Waals surface area contributed by atoms with Gasteiger partial charge in [-0.15, -0.1) is 0 Å². The molecule has 322 valence electrons. The van der Waals surface area contributed by atoms with Crippen LogP contribution in [0.5, 0.6) is 11.5 Å². The molecule has 0 radical (unpaired) electrons. The van der Waals surface area contributed by atoms with Gasteiger partial charge >= 0.3 is 11.9 Å². The summed E-state index contributed by atoms with van der Waals surface area (Å²) in [6, 6.07) is 16.4. The molecule has 10 bridgehead atoms. The fraction of sp³-hybridized carbons (Fsp3) is 0.490. The molecule has 3 aromatic carbocycles. The zero-order valence-corrected chi connectivity index (χ0v) is 34.7. The number of esters is 2. The van der Waals surface area contributed by atoms with E-state index in [1.807, 2.05) is 36.4 Å². The Kier molecular flexibility index (Phi) is 12.4. The standard InChI is InChI=1S/C49H56N2O10/c1-27(52)25-51-36-18-32(17-33(19-36)44(56)26-50-2)30-8-9-31-23-47(57)60-45-24-43(55)34(21-39(31)45)22-46-49(59)12-4-7-38-40(42(54)11-10-41(38)49)15-29-6-3-5-28(13-29)14-37(53)20-35(16-30)48(58)61-46/h3,5-6,13,17-21,24,27,30-31,37-38,40-41,44,46,50-53,55-56,59H,4,7,10-12,14-16,22-23,25-26H2,1-2H3/b35-20-/t27-,30-,31+,37+,38-,40-,41+,44-,46+,49-/m0/s1. The molecular formula is C49H56N2O10. The number of hydrogen-bond donors (Lipinski definition) is 7. The first-order valence-electron chi connectivity index (χ1n) is 21.7. The maximum absolute atomic E-state index is 15.0. The van der Waals surface area contributed by atoms with Crippen LogP contribution in [-0.4, -0.2) is 87.3 Å². The second-order valence-electron chi connectivity index (χ2n) is 17.8. The summed E-state index contributed by atoms with van der Waals surface area (Å²) in [7, 11) is 1.73. The topological polar surface area (TPSA) is 195 Å². The van der Waals surface area contributed by atoms with Crippen molar-refractivity contribution in [3.63, 3.8) is 0 Å². The highest BCUT2D eigenvalue weighted by molar-refractivity contribution is 5.89. The molecule has 12 nitrogen and oxygen atoms in total. The lowest BCUT2D eigenvalue weighted by atomic mass is 9.56. The molecule has 10 atom stereocenters. The van der Waals surface area contributed by atoms with Crippen LogP contribution in [0.1, 0.15) is 103 Å². The quantitative estimate of drug-likeness (QED) is 0.0989. The predicted molar refractivity (Wildman–Crippen MR) is 227 cm³/mol. The molecule has 12 heteroatoms. The van der Waals surface area contributed by atoms with Gasteiger partial charge in [0.05, 0.1) is 30.7 Å². The predicted octanol–water partition coefficient (Wildman–Crippen LogP) is 4.69. The largest absolute Gasteiger partial charge is 0.508 e. The van der Waals surface area contributed by atoms with Crippen LogP contribution in [0.4, 0.5) is 5.69 Å². The van der Waals surface area contributed by atoms with Crippen molar-refractivity contribution in [3.8, 4) is 23.3 Å². The number of rotatable bonds is 7. The molecule has 0 aromatic heterocycles. The number of aromatic hydroxyl groups is 1. The lowest BCUT2D eigenvalue weighted by Gasteiger charge is -2.52. The molecule has 3 aliphatic heterocycles. The fourth-order valence-electron chi connectivity index (χ4n) is 10.5. The van der Waals surface area contributed by atoms with Gasteiger partial charge in [-0.25, -0.2) is 4.79 Å². The summed E-state index contributed by atoms with van der Waals surface area (Å²) in [6.07, 6.45) is 0.432. The number of aliphatic hydroxyl groups excluding tert-OH is 3. The number of nitrogens with one attached hydrogen (secondary N) is 2. The number of carbonyl (C=O) groups excluding carboxylic acids is 3. The Morgan fingerprint density at radius 1 is 0.918 bits per heavy atom. The summed E-state index contributed by atoms with van der Waals surface area (Å²) < 4.78 is 12.2. The van der Waals surface area contributed by atoms with Crippen LogP contribution in [0.2, 0.25) is 0 Å². The third-order valence-corrected chi connectivity index (χ3v) is 13.5. The van der Waals surface area contributed by atoms with Gasteiger partial charge < -0.3 is 45.6 Å². The van der Waals surface area contributed by atoms with E-state index in [2.05, 4.69) is 22.5 Å². The SMILES string of the molecule is CNC[C@H](O)c1cc(NC[C@H](C)O)cc([C@H]2C#C[C@@H]3CC(=O)Oc4cc(O)c(cc43)C[C@H]3OC(=O)/C(=C\[C@H](O)Cc4cccc(c4)C[C@@H]4C(=O)CC[C@@H]5[C@H]4CCC[C@]53O)C2)c1. The van der Waals surface area contributed by atoms with E-state index in [9.17, 15) is 39.9 Å². The molecule has 0 unspecified atom stereocenters. The van der Waals surface area contributed by atoms with E-state index >= 15 is 0 Å². The van der Waals surface area contributed by atoms with Crippen molar-refractivity contribution in [1.82, 2.24) is 5.32 Å². The van der Waals surface area contributed by atoms with Gasteiger partial charge in [0.2, 0.25) is 0 Å². The van der Waals surface area contributed by atoms with Gasteiger partial charge in [-0.3, -0.25) is 9.59 Å². The molecule has 8 rings (SSSR count). The van der Waals surface area contributed by atoms with E-state index in [1.54, 1.807) is 26.1 Å². The van der Waals surface area contributed by atoms with Crippen molar-refractivity contribution in [1.29, 1.82) is 0 Å². The van der Waals surface area contributed by atoms with Crippen LogP contribution in [0.15, 0.2) is 66.2 Å². The number of phenols is 1. The van der Waals surface area contributed by atoms with Gasteiger partial charge in [0.25, 0.3) is 0 Å². The van der Waals surface area contributed by atoms with E-state index in [0.29, 0.717) is 53.6 Å². The first-order valence-corrected chi connectivity index (χ1v) is 21.7. The normalized spacial score (nSPS) is 30.5. The molecule has 61 heavy (non-hydrogen) atoms. The average molecular weight is 833 g/mol. The second kappa shape index (κ2) is 17.8.